The van der Waals surface area contributed by atoms with E-state index in [0.717, 1.165) is 10.6 Å². The van der Waals surface area contributed by atoms with Crippen LogP contribution in [0.5, 0.6) is 0 Å². The van der Waals surface area contributed by atoms with Crippen LogP contribution < -0.4 is 4.31 Å². The highest BCUT2D eigenvalue weighted by Crippen LogP contribution is 2.28. The molecule has 0 N–H and O–H groups in total. The number of benzene rings is 2. The van der Waals surface area contributed by atoms with E-state index in [9.17, 15) is 17.6 Å². The maximum absolute atomic E-state index is 14.0. The zero-order chi connectivity index (χ0) is 17.9. The molecule has 0 atom stereocenters. The Balaban J connectivity index is 2.59. The van der Waals surface area contributed by atoms with Gasteiger partial charge in [-0.05, 0) is 24.3 Å². The molecular formula is C16H15ClFNO4S. The minimum absolute atomic E-state index is 0.0178. The molecule has 0 fully saturated rings. The molecule has 128 valence electrons. The lowest BCUT2D eigenvalue weighted by molar-refractivity contribution is 0.0601. The van der Waals surface area contributed by atoms with Crippen molar-refractivity contribution in [1.29, 1.82) is 0 Å². The molecule has 0 saturated carbocycles. The molecule has 0 radical (unpaired) electrons. The van der Waals surface area contributed by atoms with Crippen molar-refractivity contribution in [1.82, 2.24) is 0 Å². The van der Waals surface area contributed by atoms with Crippen LogP contribution in [0.2, 0.25) is 5.02 Å². The third kappa shape index (κ3) is 3.85. The maximum Gasteiger partial charge on any atom is 0.340 e. The molecule has 0 bridgehead atoms. The molecule has 2 aromatic rings. The van der Waals surface area contributed by atoms with Gasteiger partial charge in [0.25, 0.3) is 0 Å². The first-order valence-electron chi connectivity index (χ1n) is 6.83. The van der Waals surface area contributed by atoms with E-state index >= 15 is 0 Å². The summed E-state index contributed by atoms with van der Waals surface area (Å²) in [5.41, 5.74) is 0.160. The smallest absolute Gasteiger partial charge is 0.340 e. The Kier molecular flexibility index (Phi) is 5.46. The number of carbonyl (C=O) groups excluding carboxylic acids is 1. The monoisotopic (exact) mass is 371 g/mol. The fraction of sp³-hybridized carbons (Fsp3) is 0.188. The van der Waals surface area contributed by atoms with Gasteiger partial charge in [0.15, 0.2) is 0 Å². The van der Waals surface area contributed by atoms with Gasteiger partial charge < -0.3 is 4.74 Å². The summed E-state index contributed by atoms with van der Waals surface area (Å²) in [5, 5.41) is 0.0965. The fourth-order valence-corrected chi connectivity index (χ4v) is 3.28. The Hall–Kier alpha value is -2.12. The summed E-state index contributed by atoms with van der Waals surface area (Å²) in [6, 6.07) is 10.1. The summed E-state index contributed by atoms with van der Waals surface area (Å²) in [6.45, 7) is -0.349. The first-order chi connectivity index (χ1) is 11.3. The molecular weight excluding hydrogens is 357 g/mol. The molecule has 0 spiro atoms. The van der Waals surface area contributed by atoms with Gasteiger partial charge in [0.1, 0.15) is 5.82 Å². The van der Waals surface area contributed by atoms with Crippen LogP contribution in [0, 0.1) is 5.82 Å². The van der Waals surface area contributed by atoms with Crippen molar-refractivity contribution in [2.45, 2.75) is 6.54 Å². The third-order valence-electron chi connectivity index (χ3n) is 3.34. The Bertz CT molecular complexity index is 850. The molecule has 2 rings (SSSR count). The van der Waals surface area contributed by atoms with Crippen LogP contribution in [-0.4, -0.2) is 27.8 Å². The number of carbonyl (C=O) groups is 1. The van der Waals surface area contributed by atoms with Crippen LogP contribution in [0.3, 0.4) is 0 Å². The lowest BCUT2D eigenvalue weighted by Crippen LogP contribution is -2.31. The number of hydrogen-bond donors (Lipinski definition) is 0. The number of sulfonamides is 1. The van der Waals surface area contributed by atoms with Gasteiger partial charge in [0.05, 0.1) is 31.2 Å². The lowest BCUT2D eigenvalue weighted by atomic mass is 10.1. The standard InChI is InChI=1S/C16H15ClFNO4S/c1-23-16(20)11-6-3-4-9-15(11)19(24(2,21)22)10-12-13(17)7-5-8-14(12)18/h3-9H,10H2,1-2H3. The predicted molar refractivity (Wildman–Crippen MR) is 90.2 cm³/mol. The van der Waals surface area contributed by atoms with E-state index in [1.165, 1.54) is 37.4 Å². The van der Waals surface area contributed by atoms with Crippen molar-refractivity contribution in [2.75, 3.05) is 17.7 Å². The number of hydrogen-bond acceptors (Lipinski definition) is 4. The number of rotatable bonds is 5. The van der Waals surface area contributed by atoms with Gasteiger partial charge in [-0.25, -0.2) is 17.6 Å². The Morgan fingerprint density at radius 3 is 2.46 bits per heavy atom. The minimum atomic E-state index is -3.81. The molecule has 0 aliphatic rings. The van der Waals surface area contributed by atoms with Gasteiger partial charge in [-0.15, -0.1) is 0 Å². The number of nitrogens with zero attached hydrogens (tertiary/aromatic N) is 1. The van der Waals surface area contributed by atoms with E-state index in [-0.39, 0.29) is 28.4 Å². The first-order valence-corrected chi connectivity index (χ1v) is 9.06. The summed E-state index contributed by atoms with van der Waals surface area (Å²) in [4.78, 5) is 11.9. The zero-order valence-corrected chi connectivity index (χ0v) is 14.6. The van der Waals surface area contributed by atoms with Crippen molar-refractivity contribution < 1.29 is 22.3 Å². The fourth-order valence-electron chi connectivity index (χ4n) is 2.18. The zero-order valence-electron chi connectivity index (χ0n) is 13.0. The topological polar surface area (TPSA) is 63.7 Å². The average Bonchev–Trinajstić information content (AvgIpc) is 2.53. The highest BCUT2D eigenvalue weighted by Gasteiger charge is 2.25. The van der Waals surface area contributed by atoms with Crippen LogP contribution in [-0.2, 0) is 21.3 Å². The lowest BCUT2D eigenvalue weighted by Gasteiger charge is -2.25. The van der Waals surface area contributed by atoms with Crippen LogP contribution >= 0.6 is 11.6 Å². The molecule has 0 heterocycles. The second-order valence-corrected chi connectivity index (χ2v) is 7.29. The van der Waals surface area contributed by atoms with E-state index in [2.05, 4.69) is 4.74 Å². The van der Waals surface area contributed by atoms with Crippen molar-refractivity contribution in [3.63, 3.8) is 0 Å². The minimum Gasteiger partial charge on any atom is -0.465 e. The highest BCUT2D eigenvalue weighted by molar-refractivity contribution is 7.92. The number of methoxy groups -OCH3 is 1. The van der Waals surface area contributed by atoms with Crippen LogP contribution in [0.15, 0.2) is 42.5 Å². The molecule has 0 aliphatic heterocycles. The second kappa shape index (κ2) is 7.19. The predicted octanol–water partition coefficient (Wildman–Crippen LogP) is 3.23. The number of anilines is 1. The third-order valence-corrected chi connectivity index (χ3v) is 4.82. The van der Waals surface area contributed by atoms with Gasteiger partial charge >= 0.3 is 5.97 Å². The summed E-state index contributed by atoms with van der Waals surface area (Å²) < 4.78 is 44.1. The van der Waals surface area contributed by atoms with Crippen LogP contribution in [0.1, 0.15) is 15.9 Å². The molecule has 8 heteroatoms. The summed E-state index contributed by atoms with van der Waals surface area (Å²) >= 11 is 5.99. The van der Waals surface area contributed by atoms with Crippen LogP contribution in [0.25, 0.3) is 0 Å². The van der Waals surface area contributed by atoms with E-state index in [1.54, 1.807) is 12.1 Å². The Morgan fingerprint density at radius 2 is 1.88 bits per heavy atom. The average molecular weight is 372 g/mol. The molecule has 0 saturated heterocycles. The molecule has 0 unspecified atom stereocenters. The normalized spacial score (nSPS) is 11.2. The second-order valence-electron chi connectivity index (χ2n) is 4.98. The van der Waals surface area contributed by atoms with Gasteiger partial charge in [-0.3, -0.25) is 4.31 Å². The largest absolute Gasteiger partial charge is 0.465 e. The molecule has 24 heavy (non-hydrogen) atoms. The van der Waals surface area contributed by atoms with Crippen molar-refractivity contribution >= 4 is 33.3 Å². The number of para-hydroxylation sites is 1. The van der Waals surface area contributed by atoms with E-state index in [0.29, 0.717) is 0 Å². The van der Waals surface area contributed by atoms with Gasteiger partial charge in [0.2, 0.25) is 10.0 Å². The van der Waals surface area contributed by atoms with Crippen molar-refractivity contribution in [3.05, 3.63) is 64.4 Å². The van der Waals surface area contributed by atoms with E-state index in [1.807, 2.05) is 0 Å². The van der Waals surface area contributed by atoms with Crippen molar-refractivity contribution in [3.8, 4) is 0 Å². The number of esters is 1. The molecule has 0 aliphatic carbocycles. The summed E-state index contributed by atoms with van der Waals surface area (Å²) in [6.07, 6.45) is 0.968. The van der Waals surface area contributed by atoms with E-state index in [4.69, 9.17) is 11.6 Å². The maximum atomic E-state index is 14.0. The van der Waals surface area contributed by atoms with Gasteiger partial charge in [-0.2, -0.15) is 0 Å². The highest BCUT2D eigenvalue weighted by atomic mass is 35.5. The Morgan fingerprint density at radius 1 is 1.21 bits per heavy atom. The first kappa shape index (κ1) is 18.2. The van der Waals surface area contributed by atoms with Crippen LogP contribution in [0.4, 0.5) is 10.1 Å². The SMILES string of the molecule is COC(=O)c1ccccc1N(Cc1c(F)cccc1Cl)S(C)(=O)=O. The molecule has 0 amide bonds. The van der Waals surface area contributed by atoms with Gasteiger partial charge in [-0.1, -0.05) is 29.8 Å². The Labute approximate surface area is 144 Å². The summed E-state index contributed by atoms with van der Waals surface area (Å²) in [7, 11) is -2.62. The quantitative estimate of drug-likeness (QED) is 0.757. The number of halogens is 2. The summed E-state index contributed by atoms with van der Waals surface area (Å²) in [5.74, 6) is -1.33. The number of ether oxygens (including phenoxy) is 1. The molecule has 5 nitrogen and oxygen atoms in total. The molecule has 0 aromatic heterocycles. The van der Waals surface area contributed by atoms with E-state index < -0.39 is 21.8 Å². The van der Waals surface area contributed by atoms with Crippen molar-refractivity contribution in [2.24, 2.45) is 0 Å². The molecule has 2 aromatic carbocycles. The van der Waals surface area contributed by atoms with Gasteiger partial charge in [0, 0.05) is 10.6 Å².